The van der Waals surface area contributed by atoms with Crippen LogP contribution in [0, 0.1) is 0 Å². The Hall–Kier alpha value is -3.29. The topological polar surface area (TPSA) is 56.1 Å². The van der Waals surface area contributed by atoms with Crippen LogP contribution in [0.3, 0.4) is 0 Å². The van der Waals surface area contributed by atoms with Gasteiger partial charge in [-0.05, 0) is 29.8 Å². The Bertz CT molecular complexity index is 965. The number of aryl methyl sites for hydroxylation is 1. The summed E-state index contributed by atoms with van der Waals surface area (Å²) in [7, 11) is 3.27. The minimum atomic E-state index is -4.63. The van der Waals surface area contributed by atoms with Crippen LogP contribution in [0.4, 0.5) is 13.2 Å². The first-order chi connectivity index (χ1) is 13.3. The lowest BCUT2D eigenvalue weighted by Gasteiger charge is -2.21. The van der Waals surface area contributed by atoms with Crippen LogP contribution < -0.4 is 10.1 Å². The zero-order valence-corrected chi connectivity index (χ0v) is 15.2. The van der Waals surface area contributed by atoms with Gasteiger partial charge in [0, 0.05) is 19.4 Å². The number of halogens is 3. The van der Waals surface area contributed by atoms with Gasteiger partial charge >= 0.3 is 6.18 Å². The third kappa shape index (κ3) is 4.00. The summed E-state index contributed by atoms with van der Waals surface area (Å²) in [4.78, 5) is 17.0. The van der Waals surface area contributed by atoms with Gasteiger partial charge in [-0.3, -0.25) is 4.79 Å². The van der Waals surface area contributed by atoms with E-state index in [9.17, 15) is 18.0 Å². The Morgan fingerprint density at radius 2 is 1.82 bits per heavy atom. The lowest BCUT2D eigenvalue weighted by atomic mass is 10.0. The van der Waals surface area contributed by atoms with E-state index in [0.29, 0.717) is 17.1 Å². The van der Waals surface area contributed by atoms with Crippen LogP contribution in [0.25, 0.3) is 0 Å². The molecule has 1 aromatic heterocycles. The Morgan fingerprint density at radius 3 is 2.39 bits per heavy atom. The molecule has 8 heteroatoms. The number of amides is 1. The smallest absolute Gasteiger partial charge is 0.417 e. The zero-order valence-electron chi connectivity index (χ0n) is 15.2. The van der Waals surface area contributed by atoms with Gasteiger partial charge < -0.3 is 14.6 Å². The lowest BCUT2D eigenvalue weighted by molar-refractivity contribution is -0.137. The molecule has 1 heterocycles. The normalized spacial score (nSPS) is 12.5. The highest BCUT2D eigenvalue weighted by atomic mass is 19.4. The van der Waals surface area contributed by atoms with Gasteiger partial charge in [-0.15, -0.1) is 0 Å². The number of methoxy groups -OCH3 is 1. The molecule has 1 amide bonds. The summed E-state index contributed by atoms with van der Waals surface area (Å²) in [5, 5.41) is 2.68. The van der Waals surface area contributed by atoms with Crippen molar-refractivity contribution in [2.75, 3.05) is 7.11 Å². The fourth-order valence-corrected chi connectivity index (χ4v) is 2.89. The average Bonchev–Trinajstić information content (AvgIpc) is 3.11. The van der Waals surface area contributed by atoms with Gasteiger partial charge in [-0.1, -0.05) is 24.3 Å². The van der Waals surface area contributed by atoms with Crippen molar-refractivity contribution < 1.29 is 22.7 Å². The number of alkyl halides is 3. The first kappa shape index (κ1) is 19.5. The first-order valence-corrected chi connectivity index (χ1v) is 8.39. The quantitative estimate of drug-likeness (QED) is 0.719. The summed E-state index contributed by atoms with van der Waals surface area (Å²) in [5.41, 5.74) is -0.767. The van der Waals surface area contributed by atoms with E-state index in [2.05, 4.69) is 10.3 Å². The molecular formula is C20H18F3N3O2. The van der Waals surface area contributed by atoms with Crippen molar-refractivity contribution in [3.63, 3.8) is 0 Å². The van der Waals surface area contributed by atoms with Gasteiger partial charge in [-0.2, -0.15) is 13.2 Å². The van der Waals surface area contributed by atoms with E-state index in [-0.39, 0.29) is 0 Å². The molecule has 0 spiro atoms. The van der Waals surface area contributed by atoms with Crippen LogP contribution in [0.15, 0.2) is 60.9 Å². The maximum Gasteiger partial charge on any atom is 0.417 e. The van der Waals surface area contributed by atoms with Gasteiger partial charge in [0.05, 0.1) is 18.2 Å². The van der Waals surface area contributed by atoms with Gasteiger partial charge in [0.15, 0.2) is 0 Å². The summed E-state index contributed by atoms with van der Waals surface area (Å²) >= 11 is 0. The molecular weight excluding hydrogens is 371 g/mol. The summed E-state index contributed by atoms with van der Waals surface area (Å²) in [6.07, 6.45) is -1.38. The number of ether oxygens (including phenoxy) is 1. The molecule has 0 aliphatic carbocycles. The van der Waals surface area contributed by atoms with Gasteiger partial charge in [-0.25, -0.2) is 4.98 Å². The molecule has 5 nitrogen and oxygen atoms in total. The van der Waals surface area contributed by atoms with Gasteiger partial charge in [0.25, 0.3) is 5.91 Å². The number of nitrogens with one attached hydrogen (secondary N) is 1. The van der Waals surface area contributed by atoms with E-state index >= 15 is 0 Å². The lowest BCUT2D eigenvalue weighted by Crippen LogP contribution is -2.32. The number of hydrogen-bond acceptors (Lipinski definition) is 3. The Labute approximate surface area is 159 Å². The molecule has 2 aromatic carbocycles. The van der Waals surface area contributed by atoms with Crippen LogP contribution in [-0.4, -0.2) is 22.6 Å². The average molecular weight is 389 g/mol. The minimum Gasteiger partial charge on any atom is -0.497 e. The second-order valence-corrected chi connectivity index (χ2v) is 6.12. The molecule has 0 fully saturated rings. The molecule has 3 rings (SSSR count). The molecule has 1 atom stereocenters. The van der Waals surface area contributed by atoms with Crippen molar-refractivity contribution in [1.82, 2.24) is 14.9 Å². The third-order valence-corrected chi connectivity index (χ3v) is 4.32. The number of aromatic nitrogens is 2. The summed E-state index contributed by atoms with van der Waals surface area (Å²) in [6.45, 7) is 0. The van der Waals surface area contributed by atoms with Crippen LogP contribution in [0.1, 0.15) is 33.4 Å². The Morgan fingerprint density at radius 1 is 1.14 bits per heavy atom. The summed E-state index contributed by atoms with van der Waals surface area (Å²) in [5.74, 6) is 0.274. The molecule has 0 saturated heterocycles. The summed E-state index contributed by atoms with van der Waals surface area (Å²) < 4.78 is 46.7. The van der Waals surface area contributed by atoms with Crippen molar-refractivity contribution in [2.45, 2.75) is 12.2 Å². The summed E-state index contributed by atoms with van der Waals surface area (Å²) in [6, 6.07) is 10.8. The Balaban J connectivity index is 1.99. The molecule has 3 aromatic rings. The molecule has 0 aliphatic heterocycles. The second kappa shape index (κ2) is 7.75. The second-order valence-electron chi connectivity index (χ2n) is 6.12. The molecule has 1 unspecified atom stereocenters. The number of carbonyl (C=O) groups is 1. The molecule has 146 valence electrons. The SMILES string of the molecule is COc1ccc(C(NC(=O)c2ccccc2C(F)(F)F)c2nccn2C)cc1. The Kier molecular flexibility index (Phi) is 5.39. The molecule has 0 saturated carbocycles. The van der Waals surface area contributed by atoms with Crippen LogP contribution >= 0.6 is 0 Å². The highest BCUT2D eigenvalue weighted by Crippen LogP contribution is 2.32. The largest absolute Gasteiger partial charge is 0.497 e. The van der Waals surface area contributed by atoms with E-state index in [4.69, 9.17) is 4.74 Å². The van der Waals surface area contributed by atoms with Crippen LogP contribution in [-0.2, 0) is 13.2 Å². The first-order valence-electron chi connectivity index (χ1n) is 8.39. The molecule has 0 radical (unpaired) electrons. The number of carbonyl (C=O) groups excluding carboxylic acids is 1. The van der Waals surface area contributed by atoms with Gasteiger partial charge in [0.1, 0.15) is 17.6 Å². The number of rotatable bonds is 5. The van der Waals surface area contributed by atoms with Gasteiger partial charge in [0.2, 0.25) is 0 Å². The zero-order chi connectivity index (χ0) is 20.3. The minimum absolute atomic E-state index is 0.442. The highest BCUT2D eigenvalue weighted by Gasteiger charge is 2.35. The highest BCUT2D eigenvalue weighted by molar-refractivity contribution is 5.96. The maximum absolute atomic E-state index is 13.3. The van der Waals surface area contributed by atoms with Crippen molar-refractivity contribution in [3.8, 4) is 5.75 Å². The van der Waals surface area contributed by atoms with E-state index in [1.807, 2.05) is 0 Å². The molecule has 1 N–H and O–H groups in total. The molecule has 0 aliphatic rings. The van der Waals surface area contributed by atoms with Crippen LogP contribution in [0.5, 0.6) is 5.75 Å². The van der Waals surface area contributed by atoms with E-state index in [1.54, 1.807) is 48.3 Å². The van der Waals surface area contributed by atoms with E-state index in [1.165, 1.54) is 19.2 Å². The number of hydrogen-bond donors (Lipinski definition) is 1. The predicted molar refractivity (Wildman–Crippen MR) is 97.0 cm³/mol. The number of imidazole rings is 1. The monoisotopic (exact) mass is 389 g/mol. The maximum atomic E-state index is 13.3. The number of nitrogens with zero attached hydrogens (tertiary/aromatic N) is 2. The van der Waals surface area contributed by atoms with E-state index < -0.39 is 29.3 Å². The van der Waals surface area contributed by atoms with Crippen LogP contribution in [0.2, 0.25) is 0 Å². The number of benzene rings is 2. The van der Waals surface area contributed by atoms with Crippen molar-refractivity contribution in [3.05, 3.63) is 83.4 Å². The van der Waals surface area contributed by atoms with E-state index in [0.717, 1.165) is 12.1 Å². The molecule has 28 heavy (non-hydrogen) atoms. The van der Waals surface area contributed by atoms with Crippen molar-refractivity contribution in [2.24, 2.45) is 7.05 Å². The van der Waals surface area contributed by atoms with Crippen molar-refractivity contribution >= 4 is 5.91 Å². The fourth-order valence-electron chi connectivity index (χ4n) is 2.89. The fraction of sp³-hybridized carbons (Fsp3) is 0.200. The standard InChI is InChI=1S/C20H18F3N3O2/c1-26-12-11-24-18(26)17(13-7-9-14(28-2)10-8-13)25-19(27)15-5-3-4-6-16(15)20(21,22)23/h3-12,17H,1-2H3,(H,25,27). The molecule has 0 bridgehead atoms. The third-order valence-electron chi connectivity index (χ3n) is 4.32. The van der Waals surface area contributed by atoms with Crippen molar-refractivity contribution in [1.29, 1.82) is 0 Å². The predicted octanol–water partition coefficient (Wildman–Crippen LogP) is 3.97.